The Morgan fingerprint density at radius 3 is 2.67 bits per heavy atom. The second-order valence-corrected chi connectivity index (χ2v) is 8.89. The number of aryl methyl sites for hydroxylation is 1. The zero-order chi connectivity index (χ0) is 21.3. The number of halogens is 3. The smallest absolute Gasteiger partial charge is 0.543 e. The van der Waals surface area contributed by atoms with Gasteiger partial charge >= 0.3 is 35.1 Å². The van der Waals surface area contributed by atoms with Gasteiger partial charge < -0.3 is 15.2 Å². The van der Waals surface area contributed by atoms with Gasteiger partial charge in [-0.1, -0.05) is 11.8 Å². The Morgan fingerprint density at radius 2 is 2.10 bits per heavy atom. The summed E-state index contributed by atoms with van der Waals surface area (Å²) in [5.74, 6) is -3.68. The van der Waals surface area contributed by atoms with Crippen molar-refractivity contribution in [3.8, 4) is 0 Å². The summed E-state index contributed by atoms with van der Waals surface area (Å²) in [5, 5.41) is 24.5. The van der Waals surface area contributed by atoms with E-state index in [1.54, 1.807) is 7.05 Å². The topological polar surface area (TPSA) is 133 Å². The number of fused-ring (bicyclic) bond motifs is 1. The Labute approximate surface area is 202 Å². The van der Waals surface area contributed by atoms with E-state index in [4.69, 9.17) is 0 Å². The zero-order valence-electron chi connectivity index (χ0n) is 15.5. The molecule has 17 heteroatoms. The monoisotopic (exact) mass is 492 g/mol. The number of alkyl halides is 3. The molecular weight excluding hydrogens is 480 g/mol. The number of tetrazole rings is 1. The quantitative estimate of drug-likeness (QED) is 0.228. The molecular formula is C13H12F3N6NaO4S3. The first kappa shape index (κ1) is 25.3. The van der Waals surface area contributed by atoms with E-state index in [-0.39, 0.29) is 46.8 Å². The van der Waals surface area contributed by atoms with Gasteiger partial charge in [0.25, 0.3) is 5.91 Å². The van der Waals surface area contributed by atoms with Crippen molar-refractivity contribution in [2.45, 2.75) is 22.1 Å². The van der Waals surface area contributed by atoms with Crippen molar-refractivity contribution in [1.29, 1.82) is 0 Å². The van der Waals surface area contributed by atoms with Gasteiger partial charge in [0.1, 0.15) is 11.4 Å². The predicted octanol–water partition coefficient (Wildman–Crippen LogP) is -4.04. The van der Waals surface area contributed by atoms with Crippen LogP contribution < -0.4 is 40.0 Å². The second kappa shape index (κ2) is 10.1. The van der Waals surface area contributed by atoms with Crippen LogP contribution in [0.25, 0.3) is 0 Å². The molecule has 3 heterocycles. The molecule has 0 aliphatic carbocycles. The van der Waals surface area contributed by atoms with Crippen LogP contribution in [0, 0.1) is 0 Å². The summed E-state index contributed by atoms with van der Waals surface area (Å²) in [5.41, 5.74) is -4.44. The average molecular weight is 492 g/mol. The molecule has 0 spiro atoms. The van der Waals surface area contributed by atoms with E-state index >= 15 is 0 Å². The minimum absolute atomic E-state index is 0. The number of carboxylic acids is 1. The number of nitrogens with one attached hydrogen (secondary N) is 1. The van der Waals surface area contributed by atoms with Crippen LogP contribution >= 0.6 is 35.3 Å². The fourth-order valence-electron chi connectivity index (χ4n) is 2.64. The number of nitrogens with zero attached hydrogens (tertiary/aromatic N) is 5. The molecule has 0 unspecified atom stereocenters. The van der Waals surface area contributed by atoms with Gasteiger partial charge in [0.05, 0.1) is 17.4 Å². The Bertz CT molecular complexity index is 883. The summed E-state index contributed by atoms with van der Waals surface area (Å²) < 4.78 is 38.0. The fourth-order valence-corrected chi connectivity index (χ4v) is 5.35. The summed E-state index contributed by atoms with van der Waals surface area (Å²) in [6.45, 7) is 0. The molecule has 0 aromatic carbocycles. The molecule has 0 saturated carbocycles. The van der Waals surface area contributed by atoms with E-state index in [1.165, 1.54) is 28.2 Å². The SMILES string of the molecule is Cn1nnnc1SCC1=C(C(=O)[O-])N2C(=O)[C@@H](NC(=O)CSC(F)(F)F)[C@H]2SC1.[Na+]. The largest absolute Gasteiger partial charge is 1.00 e. The van der Waals surface area contributed by atoms with Crippen molar-refractivity contribution >= 4 is 53.1 Å². The number of aromatic nitrogens is 4. The van der Waals surface area contributed by atoms with Gasteiger partial charge in [-0.3, -0.25) is 14.5 Å². The molecule has 1 N–H and O–H groups in total. The molecule has 3 rings (SSSR count). The van der Waals surface area contributed by atoms with Gasteiger partial charge in [0.2, 0.25) is 11.1 Å². The summed E-state index contributed by atoms with van der Waals surface area (Å²) in [6, 6.07) is -1.09. The van der Waals surface area contributed by atoms with E-state index in [9.17, 15) is 32.7 Å². The first-order chi connectivity index (χ1) is 13.6. The molecule has 10 nitrogen and oxygen atoms in total. The summed E-state index contributed by atoms with van der Waals surface area (Å²) in [6.07, 6.45) is 0. The standard InChI is InChI=1S/C13H13F3N6O4S3.Na/c1-21-12(18-19-20-21)28-3-5-2-27-10-7(9(24)22(10)8(5)11(25)26)17-6(23)4-29-13(14,15)16;/h7,10H,2-4H2,1H3,(H,17,23)(H,25,26);/q;+1/p-1/t7-,10-;/m1./s1. The molecule has 30 heavy (non-hydrogen) atoms. The number of hydrogen-bond acceptors (Lipinski definition) is 10. The molecule has 2 aliphatic heterocycles. The molecule has 2 aliphatic rings. The Kier molecular flexibility index (Phi) is 8.54. The molecule has 1 aromatic heterocycles. The third-order valence-corrected chi connectivity index (χ3v) is 7.05. The summed E-state index contributed by atoms with van der Waals surface area (Å²) in [7, 11) is 1.62. The number of amides is 2. The van der Waals surface area contributed by atoms with E-state index < -0.39 is 52.2 Å². The number of thioether (sulfide) groups is 3. The molecule has 0 radical (unpaired) electrons. The molecule has 1 aromatic rings. The third kappa shape index (κ3) is 5.64. The van der Waals surface area contributed by atoms with E-state index in [1.807, 2.05) is 0 Å². The second-order valence-electron chi connectivity index (χ2n) is 5.80. The Hall–Kier alpha value is -0.940. The number of carbonyl (C=O) groups is 3. The van der Waals surface area contributed by atoms with Crippen LogP contribution in [-0.2, 0) is 21.4 Å². The van der Waals surface area contributed by atoms with Gasteiger partial charge in [-0.15, -0.1) is 16.9 Å². The number of carboxylic acid groups (broad SMARTS) is 1. The van der Waals surface area contributed by atoms with Crippen LogP contribution in [0.5, 0.6) is 0 Å². The fraction of sp³-hybridized carbons (Fsp3) is 0.538. The minimum Gasteiger partial charge on any atom is -0.543 e. The van der Waals surface area contributed by atoms with Gasteiger partial charge in [0, 0.05) is 18.6 Å². The van der Waals surface area contributed by atoms with E-state index in [0.717, 1.165) is 4.90 Å². The number of hydrogen-bond donors (Lipinski definition) is 1. The van der Waals surface area contributed by atoms with E-state index in [2.05, 4.69) is 20.8 Å². The predicted molar refractivity (Wildman–Crippen MR) is 95.1 cm³/mol. The number of carbonyl (C=O) groups excluding carboxylic acids is 3. The van der Waals surface area contributed by atoms with Gasteiger partial charge in [-0.25, -0.2) is 4.68 Å². The zero-order valence-corrected chi connectivity index (χ0v) is 20.0. The summed E-state index contributed by atoms with van der Waals surface area (Å²) >= 11 is 1.86. The number of rotatable bonds is 7. The van der Waals surface area contributed by atoms with Crippen LogP contribution in [-0.4, -0.2) is 77.1 Å². The van der Waals surface area contributed by atoms with E-state index in [0.29, 0.717) is 10.7 Å². The molecule has 158 valence electrons. The maximum atomic E-state index is 12.4. The van der Waals surface area contributed by atoms with Crippen molar-refractivity contribution in [2.75, 3.05) is 17.3 Å². The molecule has 0 bridgehead atoms. The van der Waals surface area contributed by atoms with Crippen molar-refractivity contribution in [3.05, 3.63) is 11.3 Å². The summed E-state index contributed by atoms with van der Waals surface area (Å²) in [4.78, 5) is 36.7. The first-order valence-corrected chi connectivity index (χ1v) is 10.8. The maximum Gasteiger partial charge on any atom is 1.00 e. The van der Waals surface area contributed by atoms with Crippen LogP contribution in [0.1, 0.15) is 0 Å². The van der Waals surface area contributed by atoms with Crippen molar-refractivity contribution < 1.29 is 62.2 Å². The molecule has 1 fully saturated rings. The number of β-lactam (4-membered cyclic amide) rings is 1. The van der Waals surface area contributed by atoms with Crippen molar-refractivity contribution in [1.82, 2.24) is 30.4 Å². The maximum absolute atomic E-state index is 12.4. The molecule has 1 saturated heterocycles. The normalized spacial score (nSPS) is 20.9. The van der Waals surface area contributed by atoms with Crippen LogP contribution in [0.3, 0.4) is 0 Å². The van der Waals surface area contributed by atoms with Gasteiger partial charge in [-0.05, 0) is 27.8 Å². The van der Waals surface area contributed by atoms with Gasteiger partial charge in [-0.2, -0.15) is 13.2 Å². The minimum atomic E-state index is -4.57. The molecule has 2 amide bonds. The Balaban J connectivity index is 0.00000320. The van der Waals surface area contributed by atoms with Gasteiger partial charge in [0.15, 0.2) is 0 Å². The Morgan fingerprint density at radius 1 is 1.40 bits per heavy atom. The average Bonchev–Trinajstić information content (AvgIpc) is 3.06. The van der Waals surface area contributed by atoms with Crippen LogP contribution in [0.2, 0.25) is 0 Å². The first-order valence-electron chi connectivity index (χ1n) is 7.81. The molecule has 2 atom stereocenters. The van der Waals surface area contributed by atoms with Crippen LogP contribution in [0.4, 0.5) is 13.2 Å². The van der Waals surface area contributed by atoms with Crippen LogP contribution in [0.15, 0.2) is 16.4 Å². The number of aliphatic carboxylic acids is 1. The third-order valence-electron chi connectivity index (χ3n) is 3.88. The van der Waals surface area contributed by atoms with Crippen molar-refractivity contribution in [2.24, 2.45) is 7.05 Å². The van der Waals surface area contributed by atoms with Crippen molar-refractivity contribution in [3.63, 3.8) is 0 Å².